The lowest BCUT2D eigenvalue weighted by Gasteiger charge is -2.13. The number of rotatable bonds is 10. The molecule has 0 bridgehead atoms. The first-order valence-corrected chi connectivity index (χ1v) is 12.3. The maximum absolute atomic E-state index is 12.8. The Bertz CT molecular complexity index is 1290. The van der Waals surface area contributed by atoms with Crippen LogP contribution in [0.25, 0.3) is 0 Å². The fourth-order valence-electron chi connectivity index (χ4n) is 3.13. The maximum Gasteiger partial charge on any atom is 0.262 e. The van der Waals surface area contributed by atoms with Crippen molar-refractivity contribution in [1.29, 1.82) is 0 Å². The van der Waals surface area contributed by atoms with Gasteiger partial charge in [-0.05, 0) is 86.1 Å². The van der Waals surface area contributed by atoms with Crippen LogP contribution in [0, 0.1) is 6.92 Å². The average molecular weight is 498 g/mol. The van der Waals surface area contributed by atoms with Gasteiger partial charge in [0.05, 0.1) is 11.5 Å². The molecule has 0 unspecified atom stereocenters. The number of amides is 2. The summed E-state index contributed by atoms with van der Waals surface area (Å²) in [5.74, 6) is 0.474. The Hall–Kier alpha value is -4.05. The molecule has 0 fully saturated rings. The number of hydrogen-bond acceptors (Lipinski definition) is 6. The predicted molar refractivity (Wildman–Crippen MR) is 134 cm³/mol. The van der Waals surface area contributed by atoms with Gasteiger partial charge >= 0.3 is 0 Å². The Labute approximate surface area is 204 Å². The molecule has 0 aliphatic rings. The molecule has 2 amide bonds. The van der Waals surface area contributed by atoms with Gasteiger partial charge in [-0.25, -0.2) is 8.42 Å². The molecule has 0 saturated heterocycles. The molecule has 184 valence electrons. The van der Waals surface area contributed by atoms with Crippen molar-refractivity contribution in [3.05, 3.63) is 72.3 Å². The number of aryl methyl sites for hydroxylation is 1. The van der Waals surface area contributed by atoms with Crippen LogP contribution in [-0.2, 0) is 19.6 Å². The van der Waals surface area contributed by atoms with E-state index >= 15 is 0 Å². The van der Waals surface area contributed by atoms with Crippen LogP contribution in [0.2, 0.25) is 0 Å². The molecule has 3 N–H and O–H groups in total. The lowest BCUT2D eigenvalue weighted by Crippen LogP contribution is -2.20. The van der Waals surface area contributed by atoms with Gasteiger partial charge in [0, 0.05) is 24.0 Å². The van der Waals surface area contributed by atoms with Gasteiger partial charge in [0.15, 0.2) is 6.61 Å². The Morgan fingerprint density at radius 2 is 1.43 bits per heavy atom. The third-order valence-electron chi connectivity index (χ3n) is 4.72. The number of benzene rings is 3. The number of ether oxygens (including phenoxy) is 2. The van der Waals surface area contributed by atoms with E-state index in [9.17, 15) is 18.0 Å². The maximum atomic E-state index is 12.8. The normalized spacial score (nSPS) is 10.8. The van der Waals surface area contributed by atoms with E-state index < -0.39 is 10.0 Å². The summed E-state index contributed by atoms with van der Waals surface area (Å²) < 4.78 is 39.0. The molecule has 0 aliphatic carbocycles. The molecule has 0 aliphatic heterocycles. The third-order valence-corrected chi connectivity index (χ3v) is 6.10. The van der Waals surface area contributed by atoms with Crippen LogP contribution in [0.4, 0.5) is 17.1 Å². The van der Waals surface area contributed by atoms with Gasteiger partial charge in [0.1, 0.15) is 11.5 Å². The number of anilines is 3. The van der Waals surface area contributed by atoms with E-state index in [1.54, 1.807) is 55.5 Å². The van der Waals surface area contributed by atoms with E-state index in [1.807, 2.05) is 6.92 Å². The van der Waals surface area contributed by atoms with Crippen molar-refractivity contribution < 1.29 is 27.5 Å². The van der Waals surface area contributed by atoms with Gasteiger partial charge in [-0.1, -0.05) is 0 Å². The molecule has 35 heavy (non-hydrogen) atoms. The summed E-state index contributed by atoms with van der Waals surface area (Å²) in [5.41, 5.74) is 2.14. The highest BCUT2D eigenvalue weighted by atomic mass is 32.2. The largest absolute Gasteiger partial charge is 0.494 e. The zero-order valence-electron chi connectivity index (χ0n) is 19.6. The molecule has 0 saturated carbocycles. The molecule has 9 nitrogen and oxygen atoms in total. The minimum atomic E-state index is -3.81. The minimum Gasteiger partial charge on any atom is -0.494 e. The fraction of sp³-hybridized carbons (Fsp3) is 0.200. The second kappa shape index (κ2) is 11.4. The molecule has 3 rings (SSSR count). The van der Waals surface area contributed by atoms with Gasteiger partial charge in [-0.3, -0.25) is 14.3 Å². The third kappa shape index (κ3) is 7.47. The number of hydrogen-bond donors (Lipinski definition) is 3. The molecule has 0 spiro atoms. The lowest BCUT2D eigenvalue weighted by atomic mass is 10.2. The summed E-state index contributed by atoms with van der Waals surface area (Å²) in [6, 6.07) is 17.7. The van der Waals surface area contributed by atoms with Gasteiger partial charge in [-0.2, -0.15) is 0 Å². The smallest absolute Gasteiger partial charge is 0.262 e. The van der Waals surface area contributed by atoms with E-state index in [-0.39, 0.29) is 23.3 Å². The minimum absolute atomic E-state index is 0.0694. The van der Waals surface area contributed by atoms with Crippen molar-refractivity contribution in [3.8, 4) is 11.5 Å². The summed E-state index contributed by atoms with van der Waals surface area (Å²) in [7, 11) is -3.81. The Kier molecular flexibility index (Phi) is 8.32. The molecule has 3 aromatic carbocycles. The van der Waals surface area contributed by atoms with E-state index in [0.29, 0.717) is 40.7 Å². The number of nitrogens with one attached hydrogen (secondary N) is 3. The first-order valence-electron chi connectivity index (χ1n) is 10.8. The van der Waals surface area contributed by atoms with Crippen LogP contribution >= 0.6 is 0 Å². The highest BCUT2D eigenvalue weighted by molar-refractivity contribution is 7.92. The number of sulfonamides is 1. The predicted octanol–water partition coefficient (Wildman–Crippen LogP) is 4.17. The van der Waals surface area contributed by atoms with Gasteiger partial charge < -0.3 is 20.1 Å². The molecule has 0 heterocycles. The van der Waals surface area contributed by atoms with Gasteiger partial charge in [0.25, 0.3) is 15.9 Å². The molecule has 0 aromatic heterocycles. The van der Waals surface area contributed by atoms with E-state index in [2.05, 4.69) is 15.4 Å². The van der Waals surface area contributed by atoms with Crippen LogP contribution in [0.5, 0.6) is 11.5 Å². The summed E-state index contributed by atoms with van der Waals surface area (Å²) in [6.45, 7) is 5.24. The van der Waals surface area contributed by atoms with Gasteiger partial charge in [-0.15, -0.1) is 0 Å². The fourth-order valence-corrected chi connectivity index (χ4v) is 4.27. The van der Waals surface area contributed by atoms with Crippen LogP contribution in [0.1, 0.15) is 19.4 Å². The quantitative estimate of drug-likeness (QED) is 0.386. The van der Waals surface area contributed by atoms with Crippen LogP contribution in [0.3, 0.4) is 0 Å². The summed E-state index contributed by atoms with van der Waals surface area (Å²) in [6.07, 6.45) is 0. The summed E-state index contributed by atoms with van der Waals surface area (Å²) in [5, 5.41) is 5.34. The molecule has 0 radical (unpaired) electrons. The summed E-state index contributed by atoms with van der Waals surface area (Å²) in [4.78, 5) is 23.4. The van der Waals surface area contributed by atoms with E-state index in [4.69, 9.17) is 9.47 Å². The Balaban J connectivity index is 1.58. The zero-order valence-corrected chi connectivity index (χ0v) is 20.4. The van der Waals surface area contributed by atoms with E-state index in [1.165, 1.54) is 25.1 Å². The van der Waals surface area contributed by atoms with Crippen LogP contribution in [0.15, 0.2) is 71.6 Å². The van der Waals surface area contributed by atoms with Crippen molar-refractivity contribution in [2.24, 2.45) is 0 Å². The second-order valence-electron chi connectivity index (χ2n) is 7.59. The molecule has 10 heteroatoms. The Morgan fingerprint density at radius 3 is 2.00 bits per heavy atom. The van der Waals surface area contributed by atoms with E-state index in [0.717, 1.165) is 0 Å². The second-order valence-corrected chi connectivity index (χ2v) is 9.27. The van der Waals surface area contributed by atoms with Crippen LogP contribution in [-0.4, -0.2) is 33.4 Å². The van der Waals surface area contributed by atoms with Crippen molar-refractivity contribution >= 4 is 38.9 Å². The molecule has 3 aromatic rings. The topological polar surface area (TPSA) is 123 Å². The highest BCUT2D eigenvalue weighted by Crippen LogP contribution is 2.24. The molecule has 0 atom stereocenters. The van der Waals surface area contributed by atoms with Crippen molar-refractivity contribution in [2.45, 2.75) is 25.7 Å². The van der Waals surface area contributed by atoms with Crippen LogP contribution < -0.4 is 24.8 Å². The zero-order chi connectivity index (χ0) is 25.4. The first-order chi connectivity index (χ1) is 16.7. The lowest BCUT2D eigenvalue weighted by molar-refractivity contribution is -0.118. The highest BCUT2D eigenvalue weighted by Gasteiger charge is 2.16. The van der Waals surface area contributed by atoms with Crippen molar-refractivity contribution in [1.82, 2.24) is 0 Å². The Morgan fingerprint density at radius 1 is 0.829 bits per heavy atom. The molecular weight excluding hydrogens is 470 g/mol. The molecular formula is C25H27N3O6S. The van der Waals surface area contributed by atoms with Gasteiger partial charge in [0.2, 0.25) is 5.91 Å². The first kappa shape index (κ1) is 25.6. The average Bonchev–Trinajstić information content (AvgIpc) is 2.80. The van der Waals surface area contributed by atoms with Crippen molar-refractivity contribution in [3.63, 3.8) is 0 Å². The summed E-state index contributed by atoms with van der Waals surface area (Å²) >= 11 is 0. The SMILES string of the molecule is CCOc1ccc(NS(=O)(=O)c2ccc(OCC(=O)Nc3ccc(NC(C)=O)cc3)c(C)c2)cc1. The standard InChI is InChI=1S/C25H27N3O6S/c1-4-33-22-11-9-21(10-12-22)28-35(31,32)23-13-14-24(17(2)15-23)34-16-25(30)27-20-7-5-19(6-8-20)26-18(3)29/h5-15,28H,4,16H2,1-3H3,(H,26,29)(H,27,30). The van der Waals surface area contributed by atoms with Crippen molar-refractivity contribution in [2.75, 3.05) is 28.6 Å². The number of carbonyl (C=O) groups excluding carboxylic acids is 2. The monoisotopic (exact) mass is 497 g/mol. The number of carbonyl (C=O) groups is 2.